The van der Waals surface area contributed by atoms with Gasteiger partial charge in [0.2, 0.25) is 0 Å². The van der Waals surface area contributed by atoms with E-state index in [2.05, 4.69) is 26.2 Å². The monoisotopic (exact) mass is 243 g/mol. The molecule has 3 rings (SSSR count). The van der Waals surface area contributed by atoms with Gasteiger partial charge in [0.1, 0.15) is 11.9 Å². The van der Waals surface area contributed by atoms with Crippen molar-refractivity contribution in [3.05, 3.63) is 23.9 Å². The van der Waals surface area contributed by atoms with E-state index in [0.717, 1.165) is 45.1 Å². The summed E-state index contributed by atoms with van der Waals surface area (Å²) in [6.07, 6.45) is 1.76. The first-order valence-corrected chi connectivity index (χ1v) is 6.43. The molecule has 2 aliphatic heterocycles. The van der Waals surface area contributed by atoms with Gasteiger partial charge in [-0.2, -0.15) is 5.26 Å². The van der Waals surface area contributed by atoms with Crippen LogP contribution in [0.25, 0.3) is 0 Å². The summed E-state index contributed by atoms with van der Waals surface area (Å²) in [5, 5.41) is 12.4. The molecular formula is C13H17N5. The highest BCUT2D eigenvalue weighted by Crippen LogP contribution is 2.19. The van der Waals surface area contributed by atoms with Gasteiger partial charge in [-0.1, -0.05) is 0 Å². The SMILES string of the molecule is N#Cc1cccnc1N1CCN(C2CNC2)CC1. The fourth-order valence-corrected chi connectivity index (χ4v) is 2.57. The van der Waals surface area contributed by atoms with Crippen LogP contribution in [0.3, 0.4) is 0 Å². The second-order valence-corrected chi connectivity index (χ2v) is 4.82. The normalized spacial score (nSPS) is 21.4. The maximum absolute atomic E-state index is 9.10. The Labute approximate surface area is 107 Å². The van der Waals surface area contributed by atoms with E-state index in [4.69, 9.17) is 5.26 Å². The summed E-state index contributed by atoms with van der Waals surface area (Å²) >= 11 is 0. The zero-order chi connectivity index (χ0) is 12.4. The zero-order valence-electron chi connectivity index (χ0n) is 10.3. The lowest BCUT2D eigenvalue weighted by Gasteiger charge is -2.43. The van der Waals surface area contributed by atoms with Gasteiger partial charge >= 0.3 is 0 Å². The number of anilines is 1. The van der Waals surface area contributed by atoms with Crippen LogP contribution in [-0.4, -0.2) is 55.2 Å². The van der Waals surface area contributed by atoms with Gasteiger partial charge in [0, 0.05) is 51.5 Å². The average Bonchev–Trinajstić information content (AvgIpc) is 2.38. The summed E-state index contributed by atoms with van der Waals surface area (Å²) in [7, 11) is 0. The van der Waals surface area contributed by atoms with Gasteiger partial charge in [0.15, 0.2) is 0 Å². The Bertz CT molecular complexity index is 455. The summed E-state index contributed by atoms with van der Waals surface area (Å²) in [5.41, 5.74) is 0.677. The second-order valence-electron chi connectivity index (χ2n) is 4.82. The van der Waals surface area contributed by atoms with Crippen molar-refractivity contribution in [3.63, 3.8) is 0 Å². The Hall–Kier alpha value is -1.64. The maximum atomic E-state index is 9.10. The molecule has 2 saturated heterocycles. The molecule has 0 aliphatic carbocycles. The maximum Gasteiger partial charge on any atom is 0.146 e. The predicted octanol–water partition coefficient (Wildman–Crippen LogP) is 0.0471. The number of piperazine rings is 1. The van der Waals surface area contributed by atoms with E-state index in [1.165, 1.54) is 0 Å². The van der Waals surface area contributed by atoms with E-state index in [-0.39, 0.29) is 0 Å². The Balaban J connectivity index is 1.67. The molecule has 1 aromatic rings. The third-order valence-electron chi connectivity index (χ3n) is 3.80. The highest BCUT2D eigenvalue weighted by molar-refractivity contribution is 5.53. The minimum atomic E-state index is 0.677. The summed E-state index contributed by atoms with van der Waals surface area (Å²) in [6.45, 7) is 6.28. The van der Waals surface area contributed by atoms with E-state index in [0.29, 0.717) is 11.6 Å². The van der Waals surface area contributed by atoms with E-state index in [1.54, 1.807) is 6.20 Å². The molecule has 2 aliphatic rings. The summed E-state index contributed by atoms with van der Waals surface area (Å²) < 4.78 is 0. The second kappa shape index (κ2) is 4.92. The first-order valence-electron chi connectivity index (χ1n) is 6.43. The Morgan fingerprint density at radius 2 is 2.06 bits per heavy atom. The summed E-state index contributed by atoms with van der Waals surface area (Å²) in [6, 6.07) is 6.59. The van der Waals surface area contributed by atoms with Crippen LogP contribution in [0, 0.1) is 11.3 Å². The molecule has 0 saturated carbocycles. The molecule has 18 heavy (non-hydrogen) atoms. The molecule has 0 atom stereocenters. The molecule has 0 radical (unpaired) electrons. The Morgan fingerprint density at radius 3 is 2.67 bits per heavy atom. The zero-order valence-corrected chi connectivity index (χ0v) is 10.3. The van der Waals surface area contributed by atoms with Crippen LogP contribution in [0.4, 0.5) is 5.82 Å². The van der Waals surface area contributed by atoms with E-state index in [1.807, 2.05) is 12.1 Å². The molecule has 0 unspecified atom stereocenters. The number of nitrogens with one attached hydrogen (secondary N) is 1. The number of nitriles is 1. The van der Waals surface area contributed by atoms with Gasteiger partial charge in [-0.05, 0) is 12.1 Å². The first-order chi connectivity index (χ1) is 8.88. The van der Waals surface area contributed by atoms with Crippen LogP contribution in [0.15, 0.2) is 18.3 Å². The number of hydrogen-bond acceptors (Lipinski definition) is 5. The average molecular weight is 243 g/mol. The van der Waals surface area contributed by atoms with E-state index in [9.17, 15) is 0 Å². The van der Waals surface area contributed by atoms with Crippen molar-refractivity contribution in [2.45, 2.75) is 6.04 Å². The number of pyridine rings is 1. The number of aromatic nitrogens is 1. The van der Waals surface area contributed by atoms with Crippen LogP contribution in [0.1, 0.15) is 5.56 Å². The van der Waals surface area contributed by atoms with E-state index < -0.39 is 0 Å². The van der Waals surface area contributed by atoms with Gasteiger partial charge in [0.05, 0.1) is 5.56 Å². The summed E-state index contributed by atoms with van der Waals surface area (Å²) in [4.78, 5) is 9.10. The molecule has 0 spiro atoms. The van der Waals surface area contributed by atoms with E-state index >= 15 is 0 Å². The first kappa shape index (κ1) is 11.5. The van der Waals surface area contributed by atoms with Gasteiger partial charge in [0.25, 0.3) is 0 Å². The molecule has 1 aromatic heterocycles. The number of nitrogens with zero attached hydrogens (tertiary/aromatic N) is 4. The molecule has 5 heteroatoms. The van der Waals surface area contributed by atoms with Crippen molar-refractivity contribution in [2.24, 2.45) is 0 Å². The standard InChI is InChI=1S/C13H17N5/c14-8-11-2-1-3-16-13(11)18-6-4-17(5-7-18)12-9-15-10-12/h1-3,12,15H,4-7,9-10H2. The van der Waals surface area contributed by atoms with Crippen molar-refractivity contribution in [1.29, 1.82) is 5.26 Å². The number of rotatable bonds is 2. The van der Waals surface area contributed by atoms with Crippen molar-refractivity contribution in [3.8, 4) is 6.07 Å². The van der Waals surface area contributed by atoms with Crippen LogP contribution < -0.4 is 10.2 Å². The molecule has 3 heterocycles. The molecule has 1 N–H and O–H groups in total. The van der Waals surface area contributed by atoms with Gasteiger partial charge < -0.3 is 10.2 Å². The predicted molar refractivity (Wildman–Crippen MR) is 69.4 cm³/mol. The number of hydrogen-bond donors (Lipinski definition) is 1. The van der Waals surface area contributed by atoms with Gasteiger partial charge in [-0.3, -0.25) is 4.90 Å². The van der Waals surface area contributed by atoms with Crippen molar-refractivity contribution in [1.82, 2.24) is 15.2 Å². The highest BCUT2D eigenvalue weighted by Gasteiger charge is 2.28. The molecular weight excluding hydrogens is 226 g/mol. The van der Waals surface area contributed by atoms with Gasteiger partial charge in [-0.25, -0.2) is 4.98 Å². The topological polar surface area (TPSA) is 55.2 Å². The molecule has 0 bridgehead atoms. The minimum Gasteiger partial charge on any atom is -0.353 e. The van der Waals surface area contributed by atoms with Crippen molar-refractivity contribution < 1.29 is 0 Å². The molecule has 0 aromatic carbocycles. The lowest BCUT2D eigenvalue weighted by molar-refractivity contribution is 0.137. The third-order valence-corrected chi connectivity index (χ3v) is 3.80. The third kappa shape index (κ3) is 2.05. The lowest BCUT2D eigenvalue weighted by atomic mass is 10.1. The summed E-state index contributed by atoms with van der Waals surface area (Å²) in [5.74, 6) is 0.839. The van der Waals surface area contributed by atoms with Crippen LogP contribution in [-0.2, 0) is 0 Å². The van der Waals surface area contributed by atoms with Crippen molar-refractivity contribution in [2.75, 3.05) is 44.2 Å². The lowest BCUT2D eigenvalue weighted by Crippen LogP contribution is -2.61. The molecule has 5 nitrogen and oxygen atoms in total. The van der Waals surface area contributed by atoms with Crippen LogP contribution in [0.5, 0.6) is 0 Å². The Morgan fingerprint density at radius 1 is 1.28 bits per heavy atom. The fourth-order valence-electron chi connectivity index (χ4n) is 2.57. The van der Waals surface area contributed by atoms with Crippen molar-refractivity contribution >= 4 is 5.82 Å². The van der Waals surface area contributed by atoms with Crippen LogP contribution >= 0.6 is 0 Å². The quantitative estimate of drug-likeness (QED) is 0.795. The van der Waals surface area contributed by atoms with Crippen LogP contribution in [0.2, 0.25) is 0 Å². The molecule has 94 valence electrons. The highest BCUT2D eigenvalue weighted by atomic mass is 15.3. The fraction of sp³-hybridized carbons (Fsp3) is 0.538. The minimum absolute atomic E-state index is 0.677. The largest absolute Gasteiger partial charge is 0.353 e. The van der Waals surface area contributed by atoms with Gasteiger partial charge in [-0.15, -0.1) is 0 Å². The Kier molecular flexibility index (Phi) is 3.13. The molecule has 2 fully saturated rings. The molecule has 0 amide bonds. The smallest absolute Gasteiger partial charge is 0.146 e.